The second-order valence-corrected chi connectivity index (χ2v) is 4.47. The summed E-state index contributed by atoms with van der Waals surface area (Å²) in [5.41, 5.74) is 6.10. The summed E-state index contributed by atoms with van der Waals surface area (Å²) in [7, 11) is 0. The molecule has 0 spiro atoms. The van der Waals surface area contributed by atoms with Crippen molar-refractivity contribution in [1.82, 2.24) is 0 Å². The molecule has 0 bridgehead atoms. The number of phenols is 1. The van der Waals surface area contributed by atoms with Crippen LogP contribution in [0.1, 0.15) is 15.9 Å². The van der Waals surface area contributed by atoms with Crippen molar-refractivity contribution in [3.8, 4) is 5.75 Å². The van der Waals surface area contributed by atoms with Crippen LogP contribution in [0.2, 0.25) is 0 Å². The molecule has 0 saturated heterocycles. The number of anilines is 1. The third-order valence-corrected chi connectivity index (χ3v) is 2.86. The Balaban J connectivity index is 2.33. The second kappa shape index (κ2) is 5.66. The molecule has 0 aliphatic rings. The lowest BCUT2D eigenvalue weighted by molar-refractivity contribution is 0.102. The number of phenolic OH excluding ortho intramolecular Hbond substituents is 1. The van der Waals surface area contributed by atoms with Gasteiger partial charge in [0.1, 0.15) is 16.6 Å². The number of amides is 1. The van der Waals surface area contributed by atoms with E-state index >= 15 is 0 Å². The maximum atomic E-state index is 13.2. The van der Waals surface area contributed by atoms with Crippen molar-refractivity contribution in [2.24, 2.45) is 5.73 Å². The van der Waals surface area contributed by atoms with Crippen LogP contribution in [0, 0.1) is 5.82 Å². The van der Waals surface area contributed by atoms with Gasteiger partial charge in [-0.3, -0.25) is 4.79 Å². The van der Waals surface area contributed by atoms with Crippen molar-refractivity contribution in [2.75, 3.05) is 5.32 Å². The van der Waals surface area contributed by atoms with Crippen LogP contribution in [-0.4, -0.2) is 16.0 Å². The van der Waals surface area contributed by atoms with Crippen molar-refractivity contribution in [3.05, 3.63) is 59.4 Å². The van der Waals surface area contributed by atoms with Crippen LogP contribution in [0.5, 0.6) is 5.75 Å². The summed E-state index contributed by atoms with van der Waals surface area (Å²) < 4.78 is 13.2. The first-order chi connectivity index (χ1) is 9.49. The summed E-state index contributed by atoms with van der Waals surface area (Å²) >= 11 is 4.81. The molecule has 0 fully saturated rings. The molecule has 20 heavy (non-hydrogen) atoms. The number of benzene rings is 2. The molecule has 0 aromatic heterocycles. The van der Waals surface area contributed by atoms with E-state index in [0.717, 1.165) is 6.07 Å². The average molecular weight is 290 g/mol. The lowest BCUT2D eigenvalue weighted by atomic mass is 10.1. The van der Waals surface area contributed by atoms with E-state index < -0.39 is 11.7 Å². The number of carbonyl (C=O) groups excluding carboxylic acids is 1. The van der Waals surface area contributed by atoms with E-state index in [1.54, 1.807) is 12.1 Å². The molecule has 0 unspecified atom stereocenters. The zero-order valence-corrected chi connectivity index (χ0v) is 11.1. The van der Waals surface area contributed by atoms with Gasteiger partial charge in [0.25, 0.3) is 5.91 Å². The van der Waals surface area contributed by atoms with E-state index in [1.165, 1.54) is 24.3 Å². The molecular formula is C14H11FN2O2S. The highest BCUT2D eigenvalue weighted by molar-refractivity contribution is 7.80. The number of aromatic hydroxyl groups is 1. The van der Waals surface area contributed by atoms with Crippen molar-refractivity contribution >= 4 is 28.8 Å². The minimum Gasteiger partial charge on any atom is -0.507 e. The molecule has 0 radical (unpaired) electrons. The molecule has 1 amide bonds. The van der Waals surface area contributed by atoms with Gasteiger partial charge >= 0.3 is 0 Å². The Labute approximate surface area is 120 Å². The number of para-hydroxylation sites is 1. The highest BCUT2D eigenvalue weighted by Crippen LogP contribution is 2.21. The molecule has 0 heterocycles. The van der Waals surface area contributed by atoms with Crippen molar-refractivity contribution in [2.45, 2.75) is 0 Å². The van der Waals surface area contributed by atoms with Gasteiger partial charge in [-0.15, -0.1) is 0 Å². The maximum absolute atomic E-state index is 13.2. The lowest BCUT2D eigenvalue weighted by Crippen LogP contribution is -2.18. The summed E-state index contributed by atoms with van der Waals surface area (Å²) in [5.74, 6) is -1.19. The highest BCUT2D eigenvalue weighted by atomic mass is 32.1. The number of nitrogens with one attached hydrogen (secondary N) is 1. The first-order valence-electron chi connectivity index (χ1n) is 5.67. The van der Waals surface area contributed by atoms with Gasteiger partial charge in [0.2, 0.25) is 0 Å². The molecule has 2 rings (SSSR count). The fourth-order valence-corrected chi connectivity index (χ4v) is 1.85. The van der Waals surface area contributed by atoms with E-state index in [9.17, 15) is 14.3 Å². The normalized spacial score (nSPS) is 10.1. The van der Waals surface area contributed by atoms with Crippen LogP contribution in [0.15, 0.2) is 42.5 Å². The van der Waals surface area contributed by atoms with Gasteiger partial charge in [-0.05, 0) is 30.3 Å². The Bertz CT molecular complexity index is 689. The van der Waals surface area contributed by atoms with Gasteiger partial charge in [-0.2, -0.15) is 0 Å². The summed E-state index contributed by atoms with van der Waals surface area (Å²) in [6.07, 6.45) is 0. The van der Waals surface area contributed by atoms with Crippen molar-refractivity contribution < 1.29 is 14.3 Å². The van der Waals surface area contributed by atoms with Crippen molar-refractivity contribution in [1.29, 1.82) is 0 Å². The Morgan fingerprint density at radius 1 is 1.20 bits per heavy atom. The fraction of sp³-hybridized carbons (Fsp3) is 0. The lowest BCUT2D eigenvalue weighted by Gasteiger charge is -2.11. The van der Waals surface area contributed by atoms with Crippen LogP contribution in [-0.2, 0) is 0 Å². The van der Waals surface area contributed by atoms with E-state index in [2.05, 4.69) is 5.32 Å². The Morgan fingerprint density at radius 2 is 1.90 bits per heavy atom. The largest absolute Gasteiger partial charge is 0.507 e. The predicted octanol–water partition coefficient (Wildman–Crippen LogP) is 2.42. The van der Waals surface area contributed by atoms with Gasteiger partial charge < -0.3 is 16.2 Å². The van der Waals surface area contributed by atoms with Crippen LogP contribution in [0.3, 0.4) is 0 Å². The third-order valence-electron chi connectivity index (χ3n) is 2.64. The number of halogens is 1. The van der Waals surface area contributed by atoms with Crippen LogP contribution in [0.25, 0.3) is 0 Å². The zero-order chi connectivity index (χ0) is 14.7. The topological polar surface area (TPSA) is 75.3 Å². The first kappa shape index (κ1) is 14.0. The number of rotatable bonds is 3. The standard InChI is InChI=1S/C14H11FN2O2S/c15-8-5-6-11(10(7-8)13(16)20)17-14(19)9-3-1-2-4-12(9)18/h1-7,18H,(H2,16,20)(H,17,19). The predicted molar refractivity (Wildman–Crippen MR) is 78.3 cm³/mol. The van der Waals surface area contributed by atoms with Gasteiger partial charge in [-0.25, -0.2) is 4.39 Å². The van der Waals surface area contributed by atoms with Gasteiger partial charge in [0.05, 0.1) is 11.3 Å². The fourth-order valence-electron chi connectivity index (χ4n) is 1.68. The number of nitrogens with two attached hydrogens (primary N) is 1. The molecule has 4 N–H and O–H groups in total. The van der Waals surface area contributed by atoms with Gasteiger partial charge in [-0.1, -0.05) is 24.4 Å². The molecule has 4 nitrogen and oxygen atoms in total. The molecule has 0 atom stereocenters. The minimum absolute atomic E-state index is 0.0305. The highest BCUT2D eigenvalue weighted by Gasteiger charge is 2.14. The number of hydrogen-bond acceptors (Lipinski definition) is 3. The summed E-state index contributed by atoms with van der Waals surface area (Å²) in [6, 6.07) is 9.77. The molecule has 6 heteroatoms. The van der Waals surface area contributed by atoms with Crippen molar-refractivity contribution in [3.63, 3.8) is 0 Å². The second-order valence-electron chi connectivity index (χ2n) is 4.03. The average Bonchev–Trinajstić information content (AvgIpc) is 2.41. The van der Waals surface area contributed by atoms with E-state index in [-0.39, 0.29) is 27.6 Å². The number of thiocarbonyl (C=S) groups is 1. The molecule has 0 aliphatic heterocycles. The van der Waals surface area contributed by atoms with Crippen LogP contribution in [0.4, 0.5) is 10.1 Å². The molecular weight excluding hydrogens is 279 g/mol. The van der Waals surface area contributed by atoms with E-state index in [4.69, 9.17) is 18.0 Å². The molecule has 0 saturated carbocycles. The monoisotopic (exact) mass is 290 g/mol. The quantitative estimate of drug-likeness (QED) is 0.759. The SMILES string of the molecule is NC(=S)c1cc(F)ccc1NC(=O)c1ccccc1O. The molecule has 2 aromatic carbocycles. The summed E-state index contributed by atoms with van der Waals surface area (Å²) in [5, 5.41) is 12.2. The Kier molecular flexibility index (Phi) is 3.95. The Hall–Kier alpha value is -2.47. The Morgan fingerprint density at radius 3 is 2.55 bits per heavy atom. The third kappa shape index (κ3) is 2.92. The molecule has 102 valence electrons. The zero-order valence-electron chi connectivity index (χ0n) is 10.3. The molecule has 2 aromatic rings. The summed E-state index contributed by atoms with van der Waals surface area (Å²) in [4.78, 5) is 12.0. The van der Waals surface area contributed by atoms with E-state index in [0.29, 0.717) is 0 Å². The summed E-state index contributed by atoms with van der Waals surface area (Å²) in [6.45, 7) is 0. The van der Waals surface area contributed by atoms with Gasteiger partial charge in [0, 0.05) is 5.56 Å². The first-order valence-corrected chi connectivity index (χ1v) is 6.08. The minimum atomic E-state index is -0.535. The number of hydrogen-bond donors (Lipinski definition) is 3. The van der Waals surface area contributed by atoms with E-state index in [1.807, 2.05) is 0 Å². The number of carbonyl (C=O) groups is 1. The maximum Gasteiger partial charge on any atom is 0.259 e. The molecule has 0 aliphatic carbocycles. The smallest absolute Gasteiger partial charge is 0.259 e. The van der Waals surface area contributed by atoms with Crippen LogP contribution >= 0.6 is 12.2 Å². The van der Waals surface area contributed by atoms with Crippen LogP contribution < -0.4 is 11.1 Å². The van der Waals surface area contributed by atoms with Gasteiger partial charge in [0.15, 0.2) is 0 Å².